The van der Waals surface area contributed by atoms with Crippen LogP contribution in [0.2, 0.25) is 0 Å². The summed E-state index contributed by atoms with van der Waals surface area (Å²) in [6, 6.07) is 1.46. The van der Waals surface area contributed by atoms with Gasteiger partial charge in [-0.1, -0.05) is 12.2 Å². The molecule has 0 bridgehead atoms. The Bertz CT molecular complexity index is 687. The Kier molecular flexibility index (Phi) is 3.41. The second kappa shape index (κ2) is 4.85. The summed E-state index contributed by atoms with van der Waals surface area (Å²) >= 11 is 4.81. The second-order valence-electron chi connectivity index (χ2n) is 4.41. The highest BCUT2D eigenvalue weighted by Gasteiger charge is 2.52. The predicted molar refractivity (Wildman–Crippen MR) is 66.5 cm³/mol. The normalized spacial score (nSPS) is 40.5. The number of H-pyrrole nitrogens is 1. The topological polar surface area (TPSA) is 123 Å². The lowest BCUT2D eigenvalue weighted by atomic mass is 10.1. The molecule has 0 saturated carbocycles. The van der Waals surface area contributed by atoms with Crippen LogP contribution in [0.3, 0.4) is 0 Å². The number of fused-ring (bicyclic) bond motifs is 1. The Labute approximate surface area is 117 Å². The smallest absolute Gasteiger partial charge is 0.386 e. The Morgan fingerprint density at radius 2 is 2.30 bits per heavy atom. The van der Waals surface area contributed by atoms with Crippen molar-refractivity contribution in [2.75, 3.05) is 6.61 Å². The van der Waals surface area contributed by atoms with Crippen LogP contribution >= 0.6 is 20.0 Å². The SMILES string of the molecule is O=c1[nH]c(=S)ccn1C1O[C@@H]2COP(=O)(O)O[C@H]2[C@@H]1O. The van der Waals surface area contributed by atoms with Crippen molar-refractivity contribution < 1.29 is 28.3 Å². The Morgan fingerprint density at radius 3 is 3.00 bits per heavy atom. The van der Waals surface area contributed by atoms with E-state index in [-0.39, 0.29) is 11.2 Å². The number of nitrogens with one attached hydrogen (secondary N) is 1. The van der Waals surface area contributed by atoms with Gasteiger partial charge in [-0.15, -0.1) is 0 Å². The molecule has 110 valence electrons. The predicted octanol–water partition coefficient (Wildman–Crippen LogP) is -0.320. The van der Waals surface area contributed by atoms with Gasteiger partial charge >= 0.3 is 13.5 Å². The van der Waals surface area contributed by atoms with Crippen molar-refractivity contribution in [2.45, 2.75) is 24.5 Å². The molecule has 1 aromatic rings. The van der Waals surface area contributed by atoms with Gasteiger partial charge in [-0.3, -0.25) is 18.6 Å². The maximum atomic E-state index is 11.8. The first kappa shape index (κ1) is 14.1. The average Bonchev–Trinajstić information content (AvgIpc) is 2.66. The van der Waals surface area contributed by atoms with Gasteiger partial charge in [0.2, 0.25) is 0 Å². The summed E-state index contributed by atoms with van der Waals surface area (Å²) in [4.78, 5) is 23.4. The molecule has 2 saturated heterocycles. The summed E-state index contributed by atoms with van der Waals surface area (Å²) in [6.45, 7) is -0.205. The van der Waals surface area contributed by atoms with Crippen LogP contribution < -0.4 is 5.69 Å². The molecule has 3 N–H and O–H groups in total. The zero-order valence-corrected chi connectivity index (χ0v) is 11.6. The Hall–Kier alpha value is -0.870. The fourth-order valence-corrected chi connectivity index (χ4v) is 3.31. The molecule has 3 heterocycles. The molecule has 2 aliphatic rings. The number of nitrogens with zero attached hydrogens (tertiary/aromatic N) is 1. The molecular weight excluding hydrogens is 311 g/mol. The van der Waals surface area contributed by atoms with Gasteiger partial charge in [0.05, 0.1) is 6.61 Å². The van der Waals surface area contributed by atoms with Crippen molar-refractivity contribution in [1.29, 1.82) is 0 Å². The summed E-state index contributed by atoms with van der Waals surface area (Å²) in [5.74, 6) is 0. The first-order chi connectivity index (χ1) is 9.37. The van der Waals surface area contributed by atoms with Crippen LogP contribution in [0.15, 0.2) is 17.1 Å². The third-order valence-electron chi connectivity index (χ3n) is 3.09. The molecule has 2 unspecified atom stereocenters. The first-order valence-corrected chi connectivity index (χ1v) is 7.58. The van der Waals surface area contributed by atoms with Gasteiger partial charge in [0.1, 0.15) is 23.0 Å². The van der Waals surface area contributed by atoms with E-state index in [1.807, 2.05) is 0 Å². The van der Waals surface area contributed by atoms with Crippen LogP contribution in [-0.4, -0.2) is 44.5 Å². The summed E-state index contributed by atoms with van der Waals surface area (Å²) in [6.07, 6.45) is -2.75. The molecule has 2 aliphatic heterocycles. The number of phosphoric ester groups is 1. The molecule has 11 heteroatoms. The van der Waals surface area contributed by atoms with E-state index < -0.39 is 38.1 Å². The molecule has 3 rings (SSSR count). The number of phosphoric acid groups is 1. The van der Waals surface area contributed by atoms with E-state index in [9.17, 15) is 19.4 Å². The third-order valence-corrected chi connectivity index (χ3v) is 4.31. The van der Waals surface area contributed by atoms with Crippen molar-refractivity contribution >= 4 is 20.0 Å². The van der Waals surface area contributed by atoms with Gasteiger partial charge in [-0.25, -0.2) is 9.36 Å². The van der Waals surface area contributed by atoms with Crippen molar-refractivity contribution in [1.82, 2.24) is 9.55 Å². The summed E-state index contributed by atoms with van der Waals surface area (Å²) in [7, 11) is -4.18. The van der Waals surface area contributed by atoms with E-state index in [0.717, 1.165) is 4.57 Å². The minimum absolute atomic E-state index is 0.205. The molecular formula is C9H11N2O7PS. The highest BCUT2D eigenvalue weighted by Crippen LogP contribution is 2.52. The van der Waals surface area contributed by atoms with E-state index in [2.05, 4.69) is 9.51 Å². The molecule has 9 nitrogen and oxygen atoms in total. The number of aliphatic hydroxyl groups is 1. The van der Waals surface area contributed by atoms with Crippen LogP contribution in [-0.2, 0) is 18.3 Å². The van der Waals surface area contributed by atoms with E-state index in [1.54, 1.807) is 0 Å². The Morgan fingerprint density at radius 1 is 1.55 bits per heavy atom. The summed E-state index contributed by atoms with van der Waals surface area (Å²) in [5, 5.41) is 10.1. The first-order valence-electron chi connectivity index (χ1n) is 5.68. The number of aromatic amines is 1. The molecule has 0 aromatic carbocycles. The summed E-state index contributed by atoms with van der Waals surface area (Å²) < 4.78 is 27.5. The highest BCUT2D eigenvalue weighted by molar-refractivity contribution is 7.71. The van der Waals surface area contributed by atoms with Crippen molar-refractivity contribution in [3.63, 3.8) is 0 Å². The van der Waals surface area contributed by atoms with Gasteiger partial charge in [0.15, 0.2) is 6.23 Å². The third kappa shape index (κ3) is 2.40. The molecule has 0 aliphatic carbocycles. The molecule has 1 aromatic heterocycles. The molecule has 20 heavy (non-hydrogen) atoms. The molecule has 2 fully saturated rings. The monoisotopic (exact) mass is 322 g/mol. The Balaban J connectivity index is 1.92. The number of rotatable bonds is 1. The van der Waals surface area contributed by atoms with E-state index in [4.69, 9.17) is 21.5 Å². The lowest BCUT2D eigenvalue weighted by Crippen LogP contribution is -2.40. The lowest BCUT2D eigenvalue weighted by molar-refractivity contribution is -0.0685. The van der Waals surface area contributed by atoms with Crippen molar-refractivity contribution in [3.8, 4) is 0 Å². The number of hydrogen-bond donors (Lipinski definition) is 3. The number of aromatic nitrogens is 2. The van der Waals surface area contributed by atoms with E-state index in [1.165, 1.54) is 12.3 Å². The largest absolute Gasteiger partial charge is 0.472 e. The van der Waals surface area contributed by atoms with Crippen LogP contribution in [0, 0.1) is 4.64 Å². The average molecular weight is 322 g/mol. The maximum absolute atomic E-state index is 11.8. The minimum Gasteiger partial charge on any atom is -0.386 e. The zero-order valence-electron chi connectivity index (χ0n) is 9.91. The molecule has 0 radical (unpaired) electrons. The molecule has 0 spiro atoms. The lowest BCUT2D eigenvalue weighted by Gasteiger charge is -2.27. The fourth-order valence-electron chi connectivity index (χ4n) is 2.19. The van der Waals surface area contributed by atoms with Crippen LogP contribution in [0.1, 0.15) is 6.23 Å². The molecule has 5 atom stereocenters. The fraction of sp³-hybridized carbons (Fsp3) is 0.556. The van der Waals surface area contributed by atoms with Crippen LogP contribution in [0.25, 0.3) is 0 Å². The number of aliphatic hydroxyl groups excluding tert-OH is 1. The number of ether oxygens (including phenoxy) is 1. The van der Waals surface area contributed by atoms with Gasteiger partial charge in [0.25, 0.3) is 0 Å². The van der Waals surface area contributed by atoms with Gasteiger partial charge < -0.3 is 14.7 Å². The van der Waals surface area contributed by atoms with Crippen molar-refractivity contribution in [3.05, 3.63) is 27.4 Å². The van der Waals surface area contributed by atoms with Gasteiger partial charge in [-0.2, -0.15) is 0 Å². The van der Waals surface area contributed by atoms with E-state index >= 15 is 0 Å². The van der Waals surface area contributed by atoms with Gasteiger partial charge in [-0.05, 0) is 6.07 Å². The summed E-state index contributed by atoms with van der Waals surface area (Å²) in [5.41, 5.74) is -0.562. The second-order valence-corrected chi connectivity index (χ2v) is 6.25. The molecule has 0 amide bonds. The quantitative estimate of drug-likeness (QED) is 0.475. The standard InChI is InChI=1S/C9H11N2O7PS/c12-6-7-4(3-16-19(14,15)18-7)17-8(6)11-2-1-5(20)10-9(11)13/h1-2,4,6-8,12H,3H2,(H,14,15)(H,10,13,20)/t4-,6+,7-,8?/m1/s1. The van der Waals surface area contributed by atoms with Crippen LogP contribution in [0.5, 0.6) is 0 Å². The maximum Gasteiger partial charge on any atom is 0.472 e. The van der Waals surface area contributed by atoms with Crippen molar-refractivity contribution in [2.24, 2.45) is 0 Å². The van der Waals surface area contributed by atoms with Gasteiger partial charge in [0, 0.05) is 6.20 Å². The van der Waals surface area contributed by atoms with Crippen LogP contribution in [0.4, 0.5) is 0 Å². The minimum atomic E-state index is -4.18. The number of hydrogen-bond acceptors (Lipinski definition) is 7. The zero-order chi connectivity index (χ0) is 14.5. The van der Waals surface area contributed by atoms with E-state index in [0.29, 0.717) is 0 Å². The highest BCUT2D eigenvalue weighted by atomic mass is 32.1.